The summed E-state index contributed by atoms with van der Waals surface area (Å²) in [7, 11) is 0. The van der Waals surface area contributed by atoms with Gasteiger partial charge < -0.3 is 5.73 Å². The summed E-state index contributed by atoms with van der Waals surface area (Å²) in [6.07, 6.45) is 0. The first kappa shape index (κ1) is 18.1. The van der Waals surface area contributed by atoms with E-state index in [0.717, 1.165) is 22.3 Å². The largest absolute Gasteiger partial charge is 0.368 e. The zero-order chi connectivity index (χ0) is 19.8. The van der Waals surface area contributed by atoms with Gasteiger partial charge in [-0.05, 0) is 19.4 Å². The van der Waals surface area contributed by atoms with Crippen molar-refractivity contribution < 1.29 is 4.79 Å². The fourth-order valence-corrected chi connectivity index (χ4v) is 4.16. The van der Waals surface area contributed by atoms with Crippen molar-refractivity contribution in [2.24, 2.45) is 5.73 Å². The number of primary amides is 1. The quantitative estimate of drug-likeness (QED) is 0.570. The van der Waals surface area contributed by atoms with E-state index in [1.165, 1.54) is 15.9 Å². The Hall–Kier alpha value is -3.25. The molecule has 2 heterocycles. The van der Waals surface area contributed by atoms with Gasteiger partial charge in [0.1, 0.15) is 16.7 Å². The third-order valence-corrected chi connectivity index (χ3v) is 5.71. The molecule has 0 saturated carbocycles. The SMILES string of the molecule is Cc1ccc(-c2nc3scc(-c4ccccc4)c3c(=O)n2C(C)C(N)=O)cc1. The highest BCUT2D eigenvalue weighted by atomic mass is 32.1. The van der Waals surface area contributed by atoms with Crippen LogP contribution >= 0.6 is 11.3 Å². The predicted molar refractivity (Wildman–Crippen MR) is 113 cm³/mol. The van der Waals surface area contributed by atoms with Gasteiger partial charge >= 0.3 is 0 Å². The van der Waals surface area contributed by atoms with Crippen LogP contribution in [0.3, 0.4) is 0 Å². The third-order valence-electron chi connectivity index (χ3n) is 4.83. The first-order valence-electron chi connectivity index (χ1n) is 8.93. The summed E-state index contributed by atoms with van der Waals surface area (Å²) in [6.45, 7) is 3.62. The molecule has 0 aliphatic rings. The van der Waals surface area contributed by atoms with Gasteiger partial charge in [-0.15, -0.1) is 11.3 Å². The second-order valence-corrected chi connectivity index (χ2v) is 7.61. The number of hydrogen-bond acceptors (Lipinski definition) is 4. The molecule has 6 heteroatoms. The van der Waals surface area contributed by atoms with Crippen LogP contribution in [0.2, 0.25) is 0 Å². The molecule has 28 heavy (non-hydrogen) atoms. The third kappa shape index (κ3) is 3.01. The van der Waals surface area contributed by atoms with Crippen LogP contribution in [0.1, 0.15) is 18.5 Å². The zero-order valence-electron chi connectivity index (χ0n) is 15.5. The highest BCUT2D eigenvalue weighted by molar-refractivity contribution is 7.17. The highest BCUT2D eigenvalue weighted by Gasteiger charge is 2.23. The summed E-state index contributed by atoms with van der Waals surface area (Å²) < 4.78 is 1.41. The maximum absolute atomic E-state index is 13.5. The fourth-order valence-electron chi connectivity index (χ4n) is 3.23. The highest BCUT2D eigenvalue weighted by Crippen LogP contribution is 2.33. The minimum atomic E-state index is -0.816. The van der Waals surface area contributed by atoms with E-state index in [9.17, 15) is 9.59 Å². The Morgan fingerprint density at radius 3 is 2.39 bits per heavy atom. The Morgan fingerprint density at radius 1 is 1.07 bits per heavy atom. The lowest BCUT2D eigenvalue weighted by molar-refractivity contribution is -0.120. The molecule has 1 atom stereocenters. The van der Waals surface area contributed by atoms with Crippen LogP contribution in [0.25, 0.3) is 32.7 Å². The Morgan fingerprint density at radius 2 is 1.75 bits per heavy atom. The Bertz CT molecular complexity index is 1220. The van der Waals surface area contributed by atoms with Crippen molar-refractivity contribution in [2.75, 3.05) is 0 Å². The number of rotatable bonds is 4. The molecule has 1 unspecified atom stereocenters. The number of benzene rings is 2. The molecule has 0 bridgehead atoms. The average molecular weight is 389 g/mol. The number of nitrogens with two attached hydrogens (primary N) is 1. The molecule has 4 aromatic rings. The number of carbonyl (C=O) groups excluding carboxylic acids is 1. The van der Waals surface area contributed by atoms with Crippen molar-refractivity contribution in [3.8, 4) is 22.5 Å². The number of amides is 1. The van der Waals surface area contributed by atoms with Crippen LogP contribution in [0.5, 0.6) is 0 Å². The van der Waals surface area contributed by atoms with Crippen LogP contribution in [0, 0.1) is 6.92 Å². The van der Waals surface area contributed by atoms with Crippen LogP contribution in [-0.2, 0) is 4.79 Å². The van der Waals surface area contributed by atoms with E-state index in [1.54, 1.807) is 6.92 Å². The number of aryl methyl sites for hydroxylation is 1. The second-order valence-electron chi connectivity index (χ2n) is 6.75. The van der Waals surface area contributed by atoms with Crippen molar-refractivity contribution in [3.05, 3.63) is 75.9 Å². The number of thiophene rings is 1. The molecule has 0 spiro atoms. The summed E-state index contributed by atoms with van der Waals surface area (Å²) in [5.74, 6) is -0.127. The maximum atomic E-state index is 13.5. The van der Waals surface area contributed by atoms with Gasteiger partial charge in [0.15, 0.2) is 0 Å². The normalized spacial score (nSPS) is 12.2. The molecule has 0 radical (unpaired) electrons. The van der Waals surface area contributed by atoms with Crippen molar-refractivity contribution >= 4 is 27.5 Å². The van der Waals surface area contributed by atoms with E-state index in [0.29, 0.717) is 16.0 Å². The maximum Gasteiger partial charge on any atom is 0.263 e. The molecule has 0 aliphatic carbocycles. The van der Waals surface area contributed by atoms with Crippen LogP contribution in [-0.4, -0.2) is 15.5 Å². The summed E-state index contributed by atoms with van der Waals surface area (Å²) in [5, 5.41) is 2.45. The Kier molecular flexibility index (Phi) is 4.57. The fraction of sp³-hybridized carbons (Fsp3) is 0.136. The summed E-state index contributed by atoms with van der Waals surface area (Å²) in [4.78, 5) is 30.9. The van der Waals surface area contributed by atoms with Gasteiger partial charge in [0.05, 0.1) is 5.39 Å². The molecule has 1 amide bonds. The van der Waals surface area contributed by atoms with Crippen molar-refractivity contribution in [3.63, 3.8) is 0 Å². The van der Waals surface area contributed by atoms with E-state index in [-0.39, 0.29) is 5.56 Å². The molecule has 2 aromatic carbocycles. The van der Waals surface area contributed by atoms with Crippen molar-refractivity contribution in [1.82, 2.24) is 9.55 Å². The van der Waals surface area contributed by atoms with E-state index >= 15 is 0 Å². The second kappa shape index (κ2) is 7.05. The Balaban J connectivity index is 2.06. The number of hydrogen-bond donors (Lipinski definition) is 1. The van der Waals surface area contributed by atoms with Crippen molar-refractivity contribution in [1.29, 1.82) is 0 Å². The van der Waals surface area contributed by atoms with Gasteiger partial charge in [-0.2, -0.15) is 0 Å². The zero-order valence-corrected chi connectivity index (χ0v) is 16.4. The summed E-state index contributed by atoms with van der Waals surface area (Å²) >= 11 is 1.42. The molecule has 2 aromatic heterocycles. The van der Waals surface area contributed by atoms with Crippen LogP contribution < -0.4 is 11.3 Å². The van der Waals surface area contributed by atoms with Crippen LogP contribution in [0.4, 0.5) is 0 Å². The lowest BCUT2D eigenvalue weighted by atomic mass is 10.1. The first-order valence-corrected chi connectivity index (χ1v) is 9.81. The molecule has 4 rings (SSSR count). The molecule has 5 nitrogen and oxygen atoms in total. The van der Waals surface area contributed by atoms with Gasteiger partial charge in [-0.1, -0.05) is 60.2 Å². The molecule has 0 aliphatic heterocycles. The van der Waals surface area contributed by atoms with Gasteiger partial charge in [0.25, 0.3) is 5.56 Å². The monoisotopic (exact) mass is 389 g/mol. The number of fused-ring (bicyclic) bond motifs is 1. The molecular weight excluding hydrogens is 370 g/mol. The van der Waals surface area contributed by atoms with E-state index in [2.05, 4.69) is 0 Å². The molecule has 2 N–H and O–H groups in total. The van der Waals surface area contributed by atoms with Crippen LogP contribution in [0.15, 0.2) is 64.8 Å². The Labute approximate surface area is 166 Å². The van der Waals surface area contributed by atoms with Gasteiger partial charge in [-0.3, -0.25) is 14.2 Å². The van der Waals surface area contributed by atoms with E-state index in [4.69, 9.17) is 10.7 Å². The number of carbonyl (C=O) groups is 1. The topological polar surface area (TPSA) is 78.0 Å². The summed E-state index contributed by atoms with van der Waals surface area (Å²) in [6, 6.07) is 16.6. The number of aromatic nitrogens is 2. The lowest BCUT2D eigenvalue weighted by Gasteiger charge is -2.17. The molecule has 140 valence electrons. The number of nitrogens with zero attached hydrogens (tertiary/aromatic N) is 2. The van der Waals surface area contributed by atoms with E-state index in [1.807, 2.05) is 66.9 Å². The van der Waals surface area contributed by atoms with Gasteiger partial charge in [0.2, 0.25) is 5.91 Å². The lowest BCUT2D eigenvalue weighted by Crippen LogP contribution is -2.33. The van der Waals surface area contributed by atoms with Gasteiger partial charge in [-0.25, -0.2) is 4.98 Å². The molecular formula is C22H19N3O2S. The van der Waals surface area contributed by atoms with Crippen molar-refractivity contribution in [2.45, 2.75) is 19.9 Å². The first-order chi connectivity index (χ1) is 13.5. The average Bonchev–Trinajstić information content (AvgIpc) is 3.13. The van der Waals surface area contributed by atoms with Gasteiger partial charge in [0, 0.05) is 16.5 Å². The minimum absolute atomic E-state index is 0.257. The van der Waals surface area contributed by atoms with E-state index < -0.39 is 11.9 Å². The summed E-state index contributed by atoms with van der Waals surface area (Å²) in [5.41, 5.74) is 8.92. The predicted octanol–water partition coefficient (Wildman–Crippen LogP) is 4.15. The molecule has 0 fully saturated rings. The minimum Gasteiger partial charge on any atom is -0.368 e. The smallest absolute Gasteiger partial charge is 0.263 e. The standard InChI is InChI=1S/C22H19N3O2S/c1-13-8-10-16(11-9-13)20-24-21-18(22(27)25(20)14(2)19(23)26)17(12-28-21)15-6-4-3-5-7-15/h3-12,14H,1-2H3,(H2,23,26). The molecule has 0 saturated heterocycles.